The predicted octanol–water partition coefficient (Wildman–Crippen LogP) is 4.21. The third-order valence-corrected chi connectivity index (χ3v) is 9.04. The maximum absolute atomic E-state index is 13.0. The van der Waals surface area contributed by atoms with Crippen LogP contribution in [0, 0.1) is 23.7 Å². The van der Waals surface area contributed by atoms with E-state index in [-0.39, 0.29) is 35.9 Å². The minimum Gasteiger partial charge on any atom is -0.490 e. The Hall–Kier alpha value is -2.08. The molecule has 3 atom stereocenters. The van der Waals surface area contributed by atoms with Gasteiger partial charge in [-0.05, 0) is 106 Å². The second-order valence-electron chi connectivity index (χ2n) is 11.6. The van der Waals surface area contributed by atoms with Gasteiger partial charge >= 0.3 is 0 Å². The molecule has 0 aromatic heterocycles. The molecule has 0 spiro atoms. The van der Waals surface area contributed by atoms with Crippen molar-refractivity contribution in [2.75, 3.05) is 0 Å². The molecule has 4 bridgehead atoms. The zero-order valence-corrected chi connectivity index (χ0v) is 20.6. The quantitative estimate of drug-likeness (QED) is 0.559. The average molecular weight is 469 g/mol. The van der Waals surface area contributed by atoms with Crippen LogP contribution in [0.15, 0.2) is 24.3 Å². The van der Waals surface area contributed by atoms with Crippen molar-refractivity contribution in [1.29, 1.82) is 0 Å². The molecule has 0 radical (unpaired) electrons. The molecule has 5 aliphatic carbocycles. The second kappa shape index (κ2) is 9.52. The Labute approximate surface area is 203 Å². The molecule has 0 saturated heterocycles. The van der Waals surface area contributed by atoms with Crippen LogP contribution in [0.1, 0.15) is 88.4 Å². The summed E-state index contributed by atoms with van der Waals surface area (Å²) in [7, 11) is 0. The first-order valence-electron chi connectivity index (χ1n) is 13.4. The second-order valence-corrected chi connectivity index (χ2v) is 11.6. The van der Waals surface area contributed by atoms with Gasteiger partial charge in [0.1, 0.15) is 5.75 Å². The monoisotopic (exact) mass is 468 g/mol. The maximum atomic E-state index is 13.0. The molecule has 1 aromatic rings. The third-order valence-electron chi connectivity index (χ3n) is 9.04. The average Bonchev–Trinajstić information content (AvgIpc) is 2.81. The Kier molecular flexibility index (Phi) is 6.62. The zero-order chi connectivity index (χ0) is 23.9. The Morgan fingerprint density at radius 2 is 1.68 bits per heavy atom. The van der Waals surface area contributed by atoms with Gasteiger partial charge < -0.3 is 20.5 Å². The van der Waals surface area contributed by atoms with E-state index in [0.29, 0.717) is 23.3 Å². The molecule has 6 heteroatoms. The number of carbonyl (C=O) groups excluding carboxylic acids is 2. The molecule has 6 nitrogen and oxygen atoms in total. The van der Waals surface area contributed by atoms with Gasteiger partial charge in [0, 0.05) is 23.6 Å². The number of hydrogen-bond acceptors (Lipinski definition) is 4. The maximum Gasteiger partial charge on any atom is 0.251 e. The Bertz CT molecular complexity index is 876. The topological polar surface area (TPSA) is 87.7 Å². The highest BCUT2D eigenvalue weighted by Crippen LogP contribution is 2.55. The Morgan fingerprint density at radius 1 is 1.03 bits per heavy atom. The van der Waals surface area contributed by atoms with Gasteiger partial charge in [0.25, 0.3) is 5.91 Å². The van der Waals surface area contributed by atoms with E-state index in [1.54, 1.807) is 0 Å². The summed E-state index contributed by atoms with van der Waals surface area (Å²) in [6.45, 7) is 4.01. The molecule has 186 valence electrons. The lowest BCUT2D eigenvalue weighted by Gasteiger charge is -2.58. The molecule has 2 amide bonds. The van der Waals surface area contributed by atoms with Crippen LogP contribution in [0.5, 0.6) is 5.75 Å². The minimum absolute atomic E-state index is 0.0198. The summed E-state index contributed by atoms with van der Waals surface area (Å²) in [5.41, 5.74) is 0.186. The van der Waals surface area contributed by atoms with E-state index in [1.807, 2.05) is 38.1 Å². The molecular weight excluding hydrogens is 428 g/mol. The lowest BCUT2D eigenvalue weighted by molar-refractivity contribution is -0.136. The van der Waals surface area contributed by atoms with Crippen LogP contribution in [-0.2, 0) is 4.79 Å². The van der Waals surface area contributed by atoms with E-state index in [1.165, 1.54) is 0 Å². The van der Waals surface area contributed by atoms with Gasteiger partial charge in [0.15, 0.2) is 0 Å². The van der Waals surface area contributed by atoms with Crippen molar-refractivity contribution < 1.29 is 19.4 Å². The first-order valence-corrected chi connectivity index (χ1v) is 13.4. The van der Waals surface area contributed by atoms with Crippen LogP contribution < -0.4 is 15.4 Å². The highest BCUT2D eigenvalue weighted by molar-refractivity contribution is 5.94. The highest BCUT2D eigenvalue weighted by atomic mass is 16.5. The molecule has 5 aliphatic rings. The van der Waals surface area contributed by atoms with Crippen molar-refractivity contribution in [3.05, 3.63) is 29.8 Å². The number of hydrogen-bond donors (Lipinski definition) is 3. The summed E-state index contributed by atoms with van der Waals surface area (Å²) in [5.74, 6) is 2.46. The fraction of sp³-hybridized carbons (Fsp3) is 0.714. The molecular formula is C28H40N2O4. The van der Waals surface area contributed by atoms with Gasteiger partial charge in [0.05, 0.1) is 11.7 Å². The number of ether oxygens (including phenoxy) is 1. The fourth-order valence-corrected chi connectivity index (χ4v) is 7.18. The summed E-state index contributed by atoms with van der Waals surface area (Å²) in [6.07, 6.45) is 9.63. The lowest BCUT2D eigenvalue weighted by Crippen LogP contribution is -2.61. The summed E-state index contributed by atoms with van der Waals surface area (Å²) < 4.78 is 6.18. The van der Waals surface area contributed by atoms with Crippen molar-refractivity contribution in [3.63, 3.8) is 0 Å². The van der Waals surface area contributed by atoms with E-state index in [9.17, 15) is 14.7 Å². The van der Waals surface area contributed by atoms with Gasteiger partial charge in [0.2, 0.25) is 5.91 Å². The largest absolute Gasteiger partial charge is 0.490 e. The van der Waals surface area contributed by atoms with E-state index < -0.39 is 5.60 Å². The SMILES string of the molecule is CCC(C)C(=O)NC1CCC(Oc2ccc(C(=O)NC3C4CC5CC3CC(O)(C5)C4)cc2)CC1. The fourth-order valence-electron chi connectivity index (χ4n) is 7.18. The number of aliphatic hydroxyl groups is 1. The number of benzene rings is 1. The molecule has 5 saturated carbocycles. The third kappa shape index (κ3) is 4.98. The summed E-state index contributed by atoms with van der Waals surface area (Å²) in [4.78, 5) is 25.1. The summed E-state index contributed by atoms with van der Waals surface area (Å²) in [5, 5.41) is 17.3. The molecule has 34 heavy (non-hydrogen) atoms. The molecule has 0 heterocycles. The van der Waals surface area contributed by atoms with Crippen LogP contribution in [0.3, 0.4) is 0 Å². The van der Waals surface area contributed by atoms with Gasteiger partial charge in [-0.1, -0.05) is 13.8 Å². The van der Waals surface area contributed by atoms with Crippen LogP contribution in [0.4, 0.5) is 0 Å². The lowest BCUT2D eigenvalue weighted by atomic mass is 9.52. The van der Waals surface area contributed by atoms with E-state index in [4.69, 9.17) is 4.74 Å². The molecule has 3 unspecified atom stereocenters. The van der Waals surface area contributed by atoms with E-state index in [0.717, 1.165) is 70.0 Å². The van der Waals surface area contributed by atoms with Gasteiger partial charge in [-0.2, -0.15) is 0 Å². The minimum atomic E-state index is -0.477. The van der Waals surface area contributed by atoms with Crippen LogP contribution >= 0.6 is 0 Å². The van der Waals surface area contributed by atoms with Crippen molar-refractivity contribution in [3.8, 4) is 5.75 Å². The summed E-state index contributed by atoms with van der Waals surface area (Å²) in [6, 6.07) is 7.93. The standard InChI is InChI=1S/C28H40N2O4/c1-3-17(2)26(31)29-22-6-10-24(11-7-22)34-23-8-4-19(5-9-23)27(32)30-25-20-12-18-13-21(25)16-28(33,14-18)15-20/h4-5,8-9,17-18,20-22,24-25,33H,3,6-7,10-16H2,1-2H3,(H,29,31)(H,30,32). The van der Waals surface area contributed by atoms with Gasteiger partial charge in [-0.3, -0.25) is 9.59 Å². The normalized spacial score (nSPS) is 37.1. The molecule has 0 aliphatic heterocycles. The van der Waals surface area contributed by atoms with E-state index >= 15 is 0 Å². The highest BCUT2D eigenvalue weighted by Gasteiger charge is 2.55. The number of carbonyl (C=O) groups is 2. The molecule has 6 rings (SSSR count). The molecule has 5 fully saturated rings. The van der Waals surface area contributed by atoms with Crippen LogP contribution in [-0.4, -0.2) is 40.7 Å². The first-order chi connectivity index (χ1) is 16.3. The number of rotatable bonds is 7. The predicted molar refractivity (Wildman–Crippen MR) is 130 cm³/mol. The van der Waals surface area contributed by atoms with E-state index in [2.05, 4.69) is 10.6 Å². The zero-order valence-electron chi connectivity index (χ0n) is 20.6. The van der Waals surface area contributed by atoms with Gasteiger partial charge in [-0.15, -0.1) is 0 Å². The Balaban J connectivity index is 1.10. The van der Waals surface area contributed by atoms with Crippen molar-refractivity contribution in [2.24, 2.45) is 23.7 Å². The number of amides is 2. The van der Waals surface area contributed by atoms with Crippen LogP contribution in [0.25, 0.3) is 0 Å². The smallest absolute Gasteiger partial charge is 0.251 e. The van der Waals surface area contributed by atoms with Crippen molar-refractivity contribution in [1.82, 2.24) is 10.6 Å². The van der Waals surface area contributed by atoms with Gasteiger partial charge in [-0.25, -0.2) is 0 Å². The molecule has 1 aromatic carbocycles. The molecule has 3 N–H and O–H groups in total. The summed E-state index contributed by atoms with van der Waals surface area (Å²) >= 11 is 0. The van der Waals surface area contributed by atoms with Crippen molar-refractivity contribution >= 4 is 11.8 Å². The van der Waals surface area contributed by atoms with Crippen LogP contribution in [0.2, 0.25) is 0 Å². The Morgan fingerprint density at radius 3 is 2.26 bits per heavy atom. The number of nitrogens with one attached hydrogen (secondary N) is 2. The van der Waals surface area contributed by atoms with Crippen molar-refractivity contribution in [2.45, 2.75) is 102 Å². The first kappa shape index (κ1) is 23.7.